The van der Waals surface area contributed by atoms with Crippen molar-refractivity contribution in [2.75, 3.05) is 31.3 Å². The fourth-order valence-corrected chi connectivity index (χ4v) is 4.95. The van der Waals surface area contributed by atoms with Crippen LogP contribution in [0.25, 0.3) is 11.0 Å². The first kappa shape index (κ1) is 19.1. The van der Waals surface area contributed by atoms with E-state index in [1.165, 1.54) is 6.26 Å². The van der Waals surface area contributed by atoms with E-state index in [9.17, 15) is 8.42 Å². The molecule has 0 aromatic carbocycles. The van der Waals surface area contributed by atoms with Crippen LogP contribution in [0.2, 0.25) is 0 Å². The van der Waals surface area contributed by atoms with Crippen molar-refractivity contribution in [2.24, 2.45) is 5.92 Å². The predicted octanol–water partition coefficient (Wildman–Crippen LogP) is 1.21. The molecule has 2 aliphatic rings. The van der Waals surface area contributed by atoms with Crippen LogP contribution in [0.15, 0.2) is 18.5 Å². The molecule has 1 saturated heterocycles. The third-order valence-electron chi connectivity index (χ3n) is 5.58. The average Bonchev–Trinajstić information content (AvgIpc) is 3.30. The van der Waals surface area contributed by atoms with E-state index in [0.717, 1.165) is 54.8 Å². The molecule has 4 rings (SSSR count). The first-order chi connectivity index (χ1) is 13.4. The quantitative estimate of drug-likeness (QED) is 0.663. The number of sulfonamides is 1. The van der Waals surface area contributed by atoms with Crippen molar-refractivity contribution in [3.8, 4) is 6.07 Å². The smallest absolute Gasteiger partial charge is 0.210 e. The summed E-state index contributed by atoms with van der Waals surface area (Å²) < 4.78 is 27.0. The minimum atomic E-state index is -3.37. The Bertz CT molecular complexity index is 989. The molecule has 1 fully saturated rings. The van der Waals surface area contributed by atoms with Gasteiger partial charge in [-0.25, -0.2) is 18.4 Å². The SMILES string of the molecule is CS(=O)(=O)NC(C1CCN(CCC#N)CC1)N1Cc2c(cnc3[nH]ccc23)N1. The molecule has 2 aliphatic heterocycles. The molecule has 1 atom stereocenters. The maximum atomic E-state index is 12.1. The number of fused-ring (bicyclic) bond motifs is 3. The second-order valence-electron chi connectivity index (χ2n) is 7.55. The molecule has 150 valence electrons. The van der Waals surface area contributed by atoms with E-state index in [4.69, 9.17) is 5.26 Å². The molecule has 28 heavy (non-hydrogen) atoms. The largest absolute Gasteiger partial charge is 0.346 e. The van der Waals surface area contributed by atoms with Gasteiger partial charge in [0, 0.05) is 36.7 Å². The van der Waals surface area contributed by atoms with Gasteiger partial charge in [0.2, 0.25) is 10.0 Å². The summed E-state index contributed by atoms with van der Waals surface area (Å²) in [7, 11) is -3.37. The Morgan fingerprint density at radius 1 is 1.43 bits per heavy atom. The lowest BCUT2D eigenvalue weighted by molar-refractivity contribution is 0.0976. The fourth-order valence-electron chi connectivity index (χ4n) is 4.20. The number of pyridine rings is 1. The Morgan fingerprint density at radius 2 is 2.21 bits per heavy atom. The highest BCUT2D eigenvalue weighted by atomic mass is 32.2. The minimum absolute atomic E-state index is 0.185. The van der Waals surface area contributed by atoms with Crippen LogP contribution in [0.5, 0.6) is 0 Å². The monoisotopic (exact) mass is 403 g/mol. The van der Waals surface area contributed by atoms with Crippen molar-refractivity contribution >= 4 is 26.7 Å². The van der Waals surface area contributed by atoms with Crippen LogP contribution in [0.1, 0.15) is 24.8 Å². The number of rotatable bonds is 6. The van der Waals surface area contributed by atoms with Crippen LogP contribution in [-0.4, -0.2) is 60.4 Å². The Balaban J connectivity index is 1.52. The van der Waals surface area contributed by atoms with Gasteiger partial charge in [-0.15, -0.1) is 0 Å². The number of aromatic nitrogens is 2. The number of H-pyrrole nitrogens is 1. The van der Waals surface area contributed by atoms with Gasteiger partial charge >= 0.3 is 0 Å². The Labute approximate surface area is 164 Å². The van der Waals surface area contributed by atoms with Crippen molar-refractivity contribution in [1.82, 2.24) is 24.6 Å². The van der Waals surface area contributed by atoms with Crippen molar-refractivity contribution < 1.29 is 8.42 Å². The molecule has 0 amide bonds. The van der Waals surface area contributed by atoms with Gasteiger partial charge in [-0.2, -0.15) is 9.98 Å². The number of nitrogens with one attached hydrogen (secondary N) is 3. The van der Waals surface area contributed by atoms with E-state index >= 15 is 0 Å². The standard InChI is InChI=1S/C18H25N7O2S/c1-28(26,27)23-18(13-4-9-24(10-5-13)8-2-6-19)25-12-15-14-3-7-20-17(14)21-11-16(15)22-25/h3,7,11,13,18,22-23H,2,4-5,8-10,12H2,1H3,(H,20,21). The summed E-state index contributed by atoms with van der Waals surface area (Å²) in [6, 6.07) is 4.19. The molecule has 1 unspecified atom stereocenters. The predicted molar refractivity (Wildman–Crippen MR) is 106 cm³/mol. The molecule has 0 radical (unpaired) electrons. The summed E-state index contributed by atoms with van der Waals surface area (Å²) in [5, 5.41) is 11.8. The van der Waals surface area contributed by atoms with E-state index in [1.807, 2.05) is 17.3 Å². The summed E-state index contributed by atoms with van der Waals surface area (Å²) in [5.74, 6) is 0.185. The normalized spacial score (nSPS) is 20.0. The molecule has 3 N–H and O–H groups in total. The minimum Gasteiger partial charge on any atom is -0.346 e. The average molecular weight is 404 g/mol. The number of hydrazine groups is 1. The first-order valence-electron chi connectivity index (χ1n) is 9.49. The molecular weight excluding hydrogens is 378 g/mol. The van der Waals surface area contributed by atoms with E-state index in [2.05, 4.69) is 31.1 Å². The van der Waals surface area contributed by atoms with Gasteiger partial charge in [0.25, 0.3) is 0 Å². The zero-order valence-electron chi connectivity index (χ0n) is 15.9. The molecule has 4 heterocycles. The molecule has 2 aromatic rings. The number of hydrogen-bond donors (Lipinski definition) is 3. The van der Waals surface area contributed by atoms with Gasteiger partial charge in [-0.05, 0) is 37.9 Å². The van der Waals surface area contributed by atoms with Gasteiger partial charge < -0.3 is 15.3 Å². The second kappa shape index (κ2) is 7.67. The lowest BCUT2D eigenvalue weighted by Crippen LogP contribution is -2.54. The lowest BCUT2D eigenvalue weighted by atomic mass is 9.93. The van der Waals surface area contributed by atoms with Crippen LogP contribution < -0.4 is 10.1 Å². The summed E-state index contributed by atoms with van der Waals surface area (Å²) in [6.45, 7) is 3.13. The molecule has 2 aromatic heterocycles. The van der Waals surface area contributed by atoms with Gasteiger partial charge in [0.1, 0.15) is 5.65 Å². The van der Waals surface area contributed by atoms with Gasteiger partial charge in [-0.3, -0.25) is 0 Å². The third kappa shape index (κ3) is 3.98. The van der Waals surface area contributed by atoms with Gasteiger partial charge in [-0.1, -0.05) is 0 Å². The summed E-state index contributed by atoms with van der Waals surface area (Å²) in [4.78, 5) is 9.81. The van der Waals surface area contributed by atoms with E-state index in [-0.39, 0.29) is 12.1 Å². The molecule has 0 aliphatic carbocycles. The van der Waals surface area contributed by atoms with Crippen molar-refractivity contribution in [3.63, 3.8) is 0 Å². The third-order valence-corrected chi connectivity index (χ3v) is 6.25. The number of likely N-dealkylation sites (tertiary alicyclic amines) is 1. The maximum absolute atomic E-state index is 12.1. The molecule has 0 bridgehead atoms. The Hall–Kier alpha value is -2.19. The topological polar surface area (TPSA) is 117 Å². The number of nitriles is 1. The maximum Gasteiger partial charge on any atom is 0.210 e. The van der Waals surface area contributed by atoms with Crippen molar-refractivity contribution in [3.05, 3.63) is 24.0 Å². The van der Waals surface area contributed by atoms with Gasteiger partial charge in [0.05, 0.1) is 30.4 Å². The van der Waals surface area contributed by atoms with E-state index in [0.29, 0.717) is 13.0 Å². The number of anilines is 1. The van der Waals surface area contributed by atoms with Crippen molar-refractivity contribution in [2.45, 2.75) is 32.0 Å². The summed E-state index contributed by atoms with van der Waals surface area (Å²) in [6.07, 6.45) is 6.81. The van der Waals surface area contributed by atoms with Gasteiger partial charge in [0.15, 0.2) is 0 Å². The summed E-state index contributed by atoms with van der Waals surface area (Å²) in [5.41, 5.74) is 6.23. The molecule has 10 heteroatoms. The van der Waals surface area contributed by atoms with Crippen LogP contribution in [0, 0.1) is 17.2 Å². The lowest BCUT2D eigenvalue weighted by Gasteiger charge is -2.39. The Morgan fingerprint density at radius 3 is 2.93 bits per heavy atom. The summed E-state index contributed by atoms with van der Waals surface area (Å²) >= 11 is 0. The fraction of sp³-hybridized carbons (Fsp3) is 0.556. The number of nitrogens with zero attached hydrogens (tertiary/aromatic N) is 4. The van der Waals surface area contributed by atoms with Crippen LogP contribution in [-0.2, 0) is 16.6 Å². The van der Waals surface area contributed by atoms with E-state index in [1.54, 1.807) is 6.20 Å². The number of hydrogen-bond acceptors (Lipinski definition) is 7. The van der Waals surface area contributed by atoms with Crippen LogP contribution in [0.3, 0.4) is 0 Å². The second-order valence-corrected chi connectivity index (χ2v) is 9.33. The molecule has 0 spiro atoms. The highest BCUT2D eigenvalue weighted by molar-refractivity contribution is 7.88. The highest BCUT2D eigenvalue weighted by Gasteiger charge is 2.36. The highest BCUT2D eigenvalue weighted by Crippen LogP contribution is 2.34. The molecule has 0 saturated carbocycles. The zero-order chi connectivity index (χ0) is 19.7. The number of piperidine rings is 1. The van der Waals surface area contributed by atoms with E-state index < -0.39 is 10.0 Å². The zero-order valence-corrected chi connectivity index (χ0v) is 16.7. The number of aromatic amines is 1. The van der Waals surface area contributed by atoms with Crippen LogP contribution in [0.4, 0.5) is 5.69 Å². The first-order valence-corrected chi connectivity index (χ1v) is 11.4. The van der Waals surface area contributed by atoms with Crippen LogP contribution >= 0.6 is 0 Å². The Kier molecular flexibility index (Phi) is 5.25. The van der Waals surface area contributed by atoms with Crippen molar-refractivity contribution in [1.29, 1.82) is 5.26 Å². The molecular formula is C18H25N7O2S. The molecule has 9 nitrogen and oxygen atoms in total.